The molecule has 6 nitrogen and oxygen atoms in total. The number of benzene rings is 2. The monoisotopic (exact) mass is 307 g/mol. The van der Waals surface area contributed by atoms with Gasteiger partial charge in [-0.2, -0.15) is 5.26 Å². The smallest absolute Gasteiger partial charge is 0.331 e. The first-order valence-corrected chi connectivity index (χ1v) is 7.21. The molecule has 0 bridgehead atoms. The lowest BCUT2D eigenvalue weighted by Gasteiger charge is -2.23. The van der Waals surface area contributed by atoms with E-state index in [0.29, 0.717) is 16.6 Å². The van der Waals surface area contributed by atoms with Crippen LogP contribution in [0.2, 0.25) is 0 Å². The predicted octanol–water partition coefficient (Wildman–Crippen LogP) is 1.53. The van der Waals surface area contributed by atoms with Crippen molar-refractivity contribution in [3.63, 3.8) is 0 Å². The molecule has 0 aromatic heterocycles. The summed E-state index contributed by atoms with van der Waals surface area (Å²) in [7, 11) is 0. The second kappa shape index (κ2) is 4.81. The van der Waals surface area contributed by atoms with Crippen LogP contribution in [0.4, 0.5) is 10.5 Å². The summed E-state index contributed by atoms with van der Waals surface area (Å²) >= 11 is 0. The maximum Gasteiger partial charge on any atom is 0.331 e. The average Bonchev–Trinajstić information content (AvgIpc) is 3.07. The zero-order valence-corrected chi connectivity index (χ0v) is 12.0. The largest absolute Gasteiger partial charge is 0.387 e. The molecule has 0 spiro atoms. The quantitative estimate of drug-likeness (QED) is 0.836. The summed E-state index contributed by atoms with van der Waals surface area (Å²) in [5, 5.41) is 31.1. The first-order chi connectivity index (χ1) is 11.1. The van der Waals surface area contributed by atoms with Gasteiger partial charge in [0.25, 0.3) is 0 Å². The topological polar surface area (TPSA) is 87.8 Å². The van der Waals surface area contributed by atoms with Gasteiger partial charge in [0.2, 0.25) is 0 Å². The van der Waals surface area contributed by atoms with E-state index in [-0.39, 0.29) is 0 Å². The number of rotatable bonds is 1. The molecular weight excluding hydrogens is 294 g/mol. The summed E-state index contributed by atoms with van der Waals surface area (Å²) in [5.74, 6) is 0. The maximum absolute atomic E-state index is 12.6. The number of aliphatic hydroxyl groups excluding tert-OH is 2. The van der Waals surface area contributed by atoms with Crippen LogP contribution in [0.25, 0.3) is 10.8 Å². The molecule has 2 heterocycles. The molecule has 2 N–H and O–H groups in total. The average molecular weight is 307 g/mol. The minimum Gasteiger partial charge on any atom is -0.387 e. The zero-order chi connectivity index (χ0) is 16.1. The number of amides is 2. The van der Waals surface area contributed by atoms with Gasteiger partial charge in [0.1, 0.15) is 6.04 Å². The number of nitrogens with zero attached hydrogens (tertiary/aromatic N) is 3. The van der Waals surface area contributed by atoms with E-state index >= 15 is 0 Å². The van der Waals surface area contributed by atoms with Crippen LogP contribution >= 0.6 is 0 Å². The lowest BCUT2D eigenvalue weighted by atomic mass is 10.0. The third-order valence-corrected chi connectivity index (χ3v) is 4.39. The molecule has 2 aliphatic heterocycles. The van der Waals surface area contributed by atoms with Gasteiger partial charge in [-0.15, -0.1) is 0 Å². The van der Waals surface area contributed by atoms with Crippen molar-refractivity contribution in [3.05, 3.63) is 54.2 Å². The Morgan fingerprint density at radius 3 is 2.52 bits per heavy atom. The van der Waals surface area contributed by atoms with E-state index in [1.165, 1.54) is 22.1 Å². The summed E-state index contributed by atoms with van der Waals surface area (Å²) in [6.45, 7) is 0. The number of hydrogen-bond donors (Lipinski definition) is 2. The molecule has 23 heavy (non-hydrogen) atoms. The summed E-state index contributed by atoms with van der Waals surface area (Å²) in [5.41, 5.74) is 1.03. The van der Waals surface area contributed by atoms with Gasteiger partial charge in [0, 0.05) is 17.0 Å². The van der Waals surface area contributed by atoms with Crippen LogP contribution in [0.1, 0.15) is 5.56 Å². The van der Waals surface area contributed by atoms with Gasteiger partial charge < -0.3 is 10.2 Å². The van der Waals surface area contributed by atoms with Crippen LogP contribution in [-0.4, -0.2) is 39.5 Å². The Morgan fingerprint density at radius 2 is 1.83 bits per heavy atom. The summed E-state index contributed by atoms with van der Waals surface area (Å²) in [4.78, 5) is 15.2. The Morgan fingerprint density at radius 1 is 1.09 bits per heavy atom. The van der Waals surface area contributed by atoms with E-state index in [0.717, 1.165) is 5.39 Å². The molecule has 0 saturated carbocycles. The summed E-state index contributed by atoms with van der Waals surface area (Å²) in [6.07, 6.45) is 0.916. The maximum atomic E-state index is 12.6. The highest BCUT2D eigenvalue weighted by Crippen LogP contribution is 2.37. The van der Waals surface area contributed by atoms with E-state index in [2.05, 4.69) is 6.07 Å². The Bertz CT molecular complexity index is 886. The molecule has 1 unspecified atom stereocenters. The lowest BCUT2D eigenvalue weighted by Crippen LogP contribution is -2.41. The van der Waals surface area contributed by atoms with Crippen LogP contribution in [0, 0.1) is 11.3 Å². The molecule has 1 fully saturated rings. The molecule has 3 atom stereocenters. The Kier molecular flexibility index (Phi) is 2.88. The van der Waals surface area contributed by atoms with Crippen LogP contribution in [-0.2, 0) is 0 Å². The number of aliphatic hydroxyl groups is 2. The normalized spacial score (nSPS) is 26.0. The van der Waals surface area contributed by atoms with Gasteiger partial charge in [0.15, 0.2) is 6.23 Å². The van der Waals surface area contributed by atoms with E-state index in [9.17, 15) is 20.3 Å². The molecule has 0 radical (unpaired) electrons. The Hall–Kier alpha value is -2.88. The molecule has 114 valence electrons. The summed E-state index contributed by atoms with van der Waals surface area (Å²) < 4.78 is 0. The SMILES string of the molecule is N#Cc1ccc(N2C(=O)N3C=C[C@@H](O)[C@H]3C2O)c2ccccc12. The first kappa shape index (κ1) is 13.8. The Balaban J connectivity index is 1.89. The van der Waals surface area contributed by atoms with Crippen molar-refractivity contribution in [3.8, 4) is 6.07 Å². The molecule has 2 amide bonds. The number of anilines is 1. The molecule has 6 heteroatoms. The molecule has 0 aliphatic carbocycles. The van der Waals surface area contributed by atoms with Crippen LogP contribution in [0.3, 0.4) is 0 Å². The molecule has 4 rings (SSSR count). The van der Waals surface area contributed by atoms with E-state index in [1.807, 2.05) is 12.1 Å². The minimum atomic E-state index is -1.16. The molecule has 2 aromatic carbocycles. The van der Waals surface area contributed by atoms with Gasteiger partial charge in [0.05, 0.1) is 23.4 Å². The van der Waals surface area contributed by atoms with Crippen LogP contribution in [0.5, 0.6) is 0 Å². The number of urea groups is 1. The first-order valence-electron chi connectivity index (χ1n) is 7.21. The summed E-state index contributed by atoms with van der Waals surface area (Å²) in [6, 6.07) is 11.6. The predicted molar refractivity (Wildman–Crippen MR) is 83.3 cm³/mol. The fraction of sp³-hybridized carbons (Fsp3) is 0.176. The van der Waals surface area contributed by atoms with Gasteiger partial charge >= 0.3 is 6.03 Å². The van der Waals surface area contributed by atoms with Crippen molar-refractivity contribution < 1.29 is 15.0 Å². The molecule has 1 saturated heterocycles. The highest BCUT2D eigenvalue weighted by atomic mass is 16.3. The molecular formula is C17H13N3O3. The van der Waals surface area contributed by atoms with Crippen molar-refractivity contribution in [2.45, 2.75) is 18.4 Å². The van der Waals surface area contributed by atoms with Crippen molar-refractivity contribution in [1.82, 2.24) is 4.90 Å². The fourth-order valence-corrected chi connectivity index (χ4v) is 3.30. The second-order valence-electron chi connectivity index (χ2n) is 5.59. The van der Waals surface area contributed by atoms with Gasteiger partial charge in [-0.1, -0.05) is 24.3 Å². The van der Waals surface area contributed by atoms with E-state index in [1.54, 1.807) is 24.3 Å². The van der Waals surface area contributed by atoms with Crippen molar-refractivity contribution in [2.24, 2.45) is 0 Å². The Labute approximate surface area is 132 Å². The number of fused-ring (bicyclic) bond motifs is 2. The van der Waals surface area contributed by atoms with Crippen molar-refractivity contribution >= 4 is 22.5 Å². The number of nitriles is 1. The highest BCUT2D eigenvalue weighted by Gasteiger charge is 2.50. The molecule has 2 aliphatic rings. The van der Waals surface area contributed by atoms with Gasteiger partial charge in [-0.3, -0.25) is 9.80 Å². The van der Waals surface area contributed by atoms with Gasteiger partial charge in [-0.25, -0.2) is 4.79 Å². The number of carbonyl (C=O) groups is 1. The van der Waals surface area contributed by atoms with Crippen molar-refractivity contribution in [2.75, 3.05) is 4.90 Å². The highest BCUT2D eigenvalue weighted by molar-refractivity contribution is 6.06. The fourth-order valence-electron chi connectivity index (χ4n) is 3.30. The number of carbonyl (C=O) groups excluding carboxylic acids is 1. The third kappa shape index (κ3) is 1.78. The zero-order valence-electron chi connectivity index (χ0n) is 12.0. The van der Waals surface area contributed by atoms with E-state index in [4.69, 9.17) is 0 Å². The second-order valence-corrected chi connectivity index (χ2v) is 5.59. The van der Waals surface area contributed by atoms with Crippen LogP contribution in [0.15, 0.2) is 48.7 Å². The van der Waals surface area contributed by atoms with E-state index < -0.39 is 24.4 Å². The molecule has 2 aromatic rings. The number of hydrogen-bond acceptors (Lipinski definition) is 4. The minimum absolute atomic E-state index is 0.398. The third-order valence-electron chi connectivity index (χ3n) is 4.39. The lowest BCUT2D eigenvalue weighted by molar-refractivity contribution is 0.0698. The van der Waals surface area contributed by atoms with Crippen molar-refractivity contribution in [1.29, 1.82) is 5.26 Å². The van der Waals surface area contributed by atoms with Gasteiger partial charge in [-0.05, 0) is 18.2 Å². The standard InChI is InChI=1S/C17H13N3O3/c18-9-10-5-6-13(12-4-2-1-3-11(10)12)20-16(22)15-14(21)7-8-19(15)17(20)23/h1-8,14-16,21-22H/t14-,15+,16?/m1/s1. The van der Waals surface area contributed by atoms with Crippen LogP contribution < -0.4 is 4.90 Å².